The molecule has 8 rings (SSSR count). The highest BCUT2D eigenvalue weighted by atomic mass is 15.2. The molecule has 0 aromatic rings. The van der Waals surface area contributed by atoms with Gasteiger partial charge in [0.25, 0.3) is 0 Å². The van der Waals surface area contributed by atoms with Crippen LogP contribution in [0.15, 0.2) is 11.6 Å². The lowest BCUT2D eigenvalue weighted by Crippen LogP contribution is -2.52. The minimum Gasteiger partial charge on any atom is -0.294 e. The van der Waals surface area contributed by atoms with Gasteiger partial charge in [-0.15, -0.1) is 0 Å². The number of allylic oxidation sites excluding steroid dienone is 2. The molecule has 0 radical (unpaired) electrons. The Balaban J connectivity index is 0.790. The molecule has 0 aliphatic heterocycles. The molecule has 0 heterocycles. The first kappa shape index (κ1) is 39.5. The lowest BCUT2D eigenvalue weighted by molar-refractivity contribution is 0.00587. The average Bonchev–Trinajstić information content (AvgIpc) is 3.23. The molecule has 0 aromatic carbocycles. The number of nitrogens with zero attached hydrogens (tertiary/aromatic N) is 1. The first-order valence-corrected chi connectivity index (χ1v) is 25.5. The highest BCUT2D eigenvalue weighted by Crippen LogP contribution is 2.52. The van der Waals surface area contributed by atoms with Crippen molar-refractivity contribution in [3.63, 3.8) is 0 Å². The number of rotatable bonds is 10. The van der Waals surface area contributed by atoms with E-state index in [4.69, 9.17) is 0 Å². The van der Waals surface area contributed by atoms with Crippen molar-refractivity contribution >= 4 is 0 Å². The van der Waals surface area contributed by atoms with Crippen LogP contribution in [0.25, 0.3) is 0 Å². The predicted octanol–water partition coefficient (Wildman–Crippen LogP) is 15.5. The van der Waals surface area contributed by atoms with Crippen molar-refractivity contribution in [1.82, 2.24) is 4.90 Å². The molecule has 1 nitrogen and oxygen atoms in total. The van der Waals surface area contributed by atoms with Crippen molar-refractivity contribution in [3.05, 3.63) is 11.6 Å². The zero-order chi connectivity index (χ0) is 36.0. The van der Waals surface area contributed by atoms with Gasteiger partial charge in [0.1, 0.15) is 0 Å². The molecule has 302 valence electrons. The van der Waals surface area contributed by atoms with Gasteiger partial charge in [0.2, 0.25) is 0 Å². The van der Waals surface area contributed by atoms with Crippen LogP contribution in [0.2, 0.25) is 0 Å². The zero-order valence-electron chi connectivity index (χ0n) is 35.6. The molecule has 0 saturated heterocycles. The quantitative estimate of drug-likeness (QED) is 0.203. The van der Waals surface area contributed by atoms with E-state index in [0.29, 0.717) is 0 Å². The third-order valence-corrected chi connectivity index (χ3v) is 19.4. The molecule has 3 unspecified atom stereocenters. The summed E-state index contributed by atoms with van der Waals surface area (Å²) in [5.74, 6) is 11.5. The van der Waals surface area contributed by atoms with Crippen LogP contribution in [-0.4, -0.2) is 23.0 Å². The van der Waals surface area contributed by atoms with Crippen LogP contribution < -0.4 is 0 Å². The molecule has 7 saturated carbocycles. The predicted molar refractivity (Wildman–Crippen MR) is 228 cm³/mol. The van der Waals surface area contributed by atoms with E-state index in [1.54, 1.807) is 121 Å². The molecule has 53 heavy (non-hydrogen) atoms. The third-order valence-electron chi connectivity index (χ3n) is 19.4. The fourth-order valence-electron chi connectivity index (χ4n) is 16.2. The summed E-state index contributed by atoms with van der Waals surface area (Å²) in [5, 5.41) is 0. The fraction of sp³-hybridized carbons (Fsp3) is 0.962. The summed E-state index contributed by atoms with van der Waals surface area (Å²) < 4.78 is 0. The molecule has 0 aromatic heterocycles. The van der Waals surface area contributed by atoms with Crippen molar-refractivity contribution in [1.29, 1.82) is 0 Å². The smallest absolute Gasteiger partial charge is 0.0101 e. The summed E-state index contributed by atoms with van der Waals surface area (Å²) in [6, 6.07) is 2.81. The minimum atomic E-state index is 0.933. The second-order valence-electron chi connectivity index (χ2n) is 22.0. The fourth-order valence-corrected chi connectivity index (χ4v) is 16.2. The Morgan fingerprint density at radius 2 is 0.774 bits per heavy atom. The van der Waals surface area contributed by atoms with Crippen molar-refractivity contribution < 1.29 is 0 Å². The van der Waals surface area contributed by atoms with Crippen LogP contribution in [0.5, 0.6) is 0 Å². The molecule has 0 N–H and O–H groups in total. The maximum atomic E-state index is 3.21. The van der Waals surface area contributed by atoms with Gasteiger partial charge in [0.05, 0.1) is 0 Å². The highest BCUT2D eigenvalue weighted by Gasteiger charge is 2.43. The first-order chi connectivity index (χ1) is 26.1. The van der Waals surface area contributed by atoms with Crippen molar-refractivity contribution in [2.45, 2.75) is 250 Å². The van der Waals surface area contributed by atoms with E-state index in [1.807, 2.05) is 0 Å². The summed E-state index contributed by atoms with van der Waals surface area (Å²) in [6.07, 6.45) is 54.9. The van der Waals surface area contributed by atoms with Gasteiger partial charge in [-0.05, 0) is 220 Å². The van der Waals surface area contributed by atoms with Crippen LogP contribution in [-0.2, 0) is 0 Å². The maximum absolute atomic E-state index is 3.21. The highest BCUT2D eigenvalue weighted by molar-refractivity contribution is 5.04. The second kappa shape index (κ2) is 19.4. The van der Waals surface area contributed by atoms with E-state index < -0.39 is 0 Å². The monoisotopic (exact) mass is 728 g/mol. The normalized spacial score (nSPS) is 40.4. The SMILES string of the molecule is CC1=CCC(C2CCC(C(C3CCCCC3)C(C)C3CCC(C4CCC(C5CCC(N(C6CCCCC6)C6CCCCC6)CC5)CC4)CC3)CC2)CC1. The van der Waals surface area contributed by atoms with Crippen LogP contribution >= 0.6 is 0 Å². The Morgan fingerprint density at radius 3 is 1.25 bits per heavy atom. The van der Waals surface area contributed by atoms with Gasteiger partial charge >= 0.3 is 0 Å². The van der Waals surface area contributed by atoms with Gasteiger partial charge in [0, 0.05) is 18.1 Å². The van der Waals surface area contributed by atoms with Crippen molar-refractivity contribution in [3.8, 4) is 0 Å². The van der Waals surface area contributed by atoms with Gasteiger partial charge in [-0.2, -0.15) is 0 Å². The van der Waals surface area contributed by atoms with Gasteiger partial charge in [-0.25, -0.2) is 0 Å². The lowest BCUT2D eigenvalue weighted by atomic mass is 9.58. The molecule has 8 aliphatic rings. The molecule has 3 atom stereocenters. The van der Waals surface area contributed by atoms with Gasteiger partial charge in [-0.1, -0.05) is 89.2 Å². The van der Waals surface area contributed by atoms with Gasteiger partial charge in [0.15, 0.2) is 0 Å². The van der Waals surface area contributed by atoms with E-state index in [1.165, 1.54) is 103 Å². The first-order valence-electron chi connectivity index (χ1n) is 25.5. The van der Waals surface area contributed by atoms with Crippen LogP contribution in [0.3, 0.4) is 0 Å². The van der Waals surface area contributed by atoms with Crippen molar-refractivity contribution in [2.24, 2.45) is 65.1 Å². The molecule has 0 bridgehead atoms. The number of hydrogen-bond acceptors (Lipinski definition) is 1. The van der Waals surface area contributed by atoms with E-state index in [9.17, 15) is 0 Å². The minimum absolute atomic E-state index is 0.933. The Kier molecular flexibility index (Phi) is 14.5. The Bertz CT molecular complexity index is 1050. The van der Waals surface area contributed by atoms with E-state index in [-0.39, 0.29) is 0 Å². The van der Waals surface area contributed by atoms with E-state index >= 15 is 0 Å². The Morgan fingerprint density at radius 1 is 0.396 bits per heavy atom. The van der Waals surface area contributed by atoms with Crippen molar-refractivity contribution in [2.75, 3.05) is 0 Å². The third kappa shape index (κ3) is 9.88. The van der Waals surface area contributed by atoms with E-state index in [0.717, 1.165) is 83.2 Å². The summed E-state index contributed by atoms with van der Waals surface area (Å²) in [5.41, 5.74) is 1.67. The molecular weight excluding hydrogens is 639 g/mol. The molecule has 8 aliphatic carbocycles. The standard InChI is InChI=1S/C52H89N/c1-38-18-20-41(21-19-38)45-30-32-48(33-31-45)52(47-12-6-3-7-13-47)39(2)40-22-24-42(25-23-40)43-26-28-44(29-27-43)46-34-36-51(37-35-46)53(49-14-8-4-9-15-49)50-16-10-5-11-17-50/h18,39-52H,3-17,19-37H2,1-2H3. The topological polar surface area (TPSA) is 3.24 Å². The largest absolute Gasteiger partial charge is 0.294 e. The maximum Gasteiger partial charge on any atom is 0.0101 e. The summed E-state index contributed by atoms with van der Waals surface area (Å²) in [4.78, 5) is 3.21. The molecule has 0 spiro atoms. The molecule has 7 fully saturated rings. The Labute approximate surface area is 330 Å². The number of hydrogen-bond donors (Lipinski definition) is 0. The van der Waals surface area contributed by atoms with Crippen LogP contribution in [0.4, 0.5) is 0 Å². The second-order valence-corrected chi connectivity index (χ2v) is 22.0. The van der Waals surface area contributed by atoms with Gasteiger partial charge in [-0.3, -0.25) is 4.90 Å². The summed E-state index contributed by atoms with van der Waals surface area (Å²) in [7, 11) is 0. The van der Waals surface area contributed by atoms with Crippen LogP contribution in [0, 0.1) is 65.1 Å². The summed E-state index contributed by atoms with van der Waals surface area (Å²) in [6.45, 7) is 5.17. The molecular formula is C52H89N. The summed E-state index contributed by atoms with van der Waals surface area (Å²) >= 11 is 0. The Hall–Kier alpha value is -0.300. The lowest BCUT2D eigenvalue weighted by Gasteiger charge is -2.49. The van der Waals surface area contributed by atoms with Crippen LogP contribution in [0.1, 0.15) is 232 Å². The molecule has 0 amide bonds. The zero-order valence-corrected chi connectivity index (χ0v) is 35.6. The van der Waals surface area contributed by atoms with E-state index in [2.05, 4.69) is 24.8 Å². The van der Waals surface area contributed by atoms with Gasteiger partial charge < -0.3 is 0 Å². The molecule has 1 heteroatoms. The average molecular weight is 728 g/mol.